The van der Waals surface area contributed by atoms with Crippen LogP contribution < -0.4 is 0 Å². The van der Waals surface area contributed by atoms with E-state index in [1.54, 1.807) is 7.05 Å². The normalized spacial score (nSPS) is 23.4. The topological polar surface area (TPSA) is 29.5 Å². The van der Waals surface area contributed by atoms with E-state index in [9.17, 15) is 4.79 Å². The maximum Gasteiger partial charge on any atom is 0.410 e. The standard InChI is InChI=1S/C4H7NO2S.C2H6/c1-5-2-3(8)7-4(5)6;1-2/h3,8H,2H2,1H3;1-2H3. The van der Waals surface area contributed by atoms with E-state index in [0.29, 0.717) is 6.54 Å². The molecule has 1 amide bonds. The summed E-state index contributed by atoms with van der Waals surface area (Å²) in [6, 6.07) is 0. The third-order valence-corrected chi connectivity index (χ3v) is 1.25. The van der Waals surface area contributed by atoms with Gasteiger partial charge in [0, 0.05) is 7.05 Å². The highest BCUT2D eigenvalue weighted by atomic mass is 32.1. The highest BCUT2D eigenvalue weighted by Gasteiger charge is 2.24. The van der Waals surface area contributed by atoms with E-state index in [1.807, 2.05) is 13.8 Å². The lowest BCUT2D eigenvalue weighted by atomic mass is 10.7. The van der Waals surface area contributed by atoms with Crippen LogP contribution in [-0.4, -0.2) is 30.0 Å². The smallest absolute Gasteiger partial charge is 0.410 e. The largest absolute Gasteiger partial charge is 0.433 e. The lowest BCUT2D eigenvalue weighted by Gasteiger charge is -1.98. The van der Waals surface area contributed by atoms with Crippen molar-refractivity contribution in [3.8, 4) is 0 Å². The van der Waals surface area contributed by atoms with Gasteiger partial charge in [-0.25, -0.2) is 4.79 Å². The molecule has 1 rings (SSSR count). The molecule has 0 saturated carbocycles. The molecular formula is C6H13NO2S. The average molecular weight is 163 g/mol. The summed E-state index contributed by atoms with van der Waals surface area (Å²) in [6.07, 6.45) is -0.287. The quantitative estimate of drug-likeness (QED) is 0.546. The van der Waals surface area contributed by atoms with Gasteiger partial charge in [0.25, 0.3) is 0 Å². The van der Waals surface area contributed by atoms with Crippen LogP contribution in [0.1, 0.15) is 13.8 Å². The van der Waals surface area contributed by atoms with Crippen LogP contribution in [0.4, 0.5) is 4.79 Å². The Morgan fingerprint density at radius 2 is 2.20 bits per heavy atom. The van der Waals surface area contributed by atoms with E-state index < -0.39 is 0 Å². The molecule has 1 unspecified atom stereocenters. The zero-order valence-corrected chi connectivity index (χ0v) is 7.39. The molecule has 10 heavy (non-hydrogen) atoms. The fourth-order valence-electron chi connectivity index (χ4n) is 0.552. The molecule has 0 N–H and O–H groups in total. The second kappa shape index (κ2) is 4.44. The SMILES string of the molecule is CC.CN1CC(S)OC1=O. The molecule has 4 heteroatoms. The molecule has 1 aliphatic rings. The van der Waals surface area contributed by atoms with Crippen molar-refractivity contribution in [1.82, 2.24) is 4.90 Å². The van der Waals surface area contributed by atoms with Crippen LogP contribution in [0.15, 0.2) is 0 Å². The second-order valence-electron chi connectivity index (χ2n) is 1.72. The van der Waals surface area contributed by atoms with Gasteiger partial charge in [0.15, 0.2) is 5.44 Å². The molecule has 1 fully saturated rings. The van der Waals surface area contributed by atoms with Crippen molar-refractivity contribution >= 4 is 18.7 Å². The van der Waals surface area contributed by atoms with Crippen molar-refractivity contribution < 1.29 is 9.53 Å². The molecule has 0 aromatic carbocycles. The van der Waals surface area contributed by atoms with E-state index in [0.717, 1.165) is 0 Å². The molecule has 3 nitrogen and oxygen atoms in total. The summed E-state index contributed by atoms with van der Waals surface area (Å²) >= 11 is 3.93. The predicted octanol–water partition coefficient (Wildman–Crippen LogP) is 1.35. The first-order valence-corrected chi connectivity index (χ1v) is 3.81. The van der Waals surface area contributed by atoms with E-state index in [-0.39, 0.29) is 11.5 Å². The molecule has 60 valence electrons. The van der Waals surface area contributed by atoms with Gasteiger partial charge in [-0.2, -0.15) is 0 Å². The lowest BCUT2D eigenvalue weighted by Crippen LogP contribution is -2.17. The Labute approximate surface area is 66.8 Å². The Morgan fingerprint density at radius 1 is 1.70 bits per heavy atom. The van der Waals surface area contributed by atoms with Crippen LogP contribution >= 0.6 is 12.6 Å². The molecular weight excluding hydrogens is 150 g/mol. The number of rotatable bonds is 0. The first-order chi connectivity index (χ1) is 4.70. The van der Waals surface area contributed by atoms with Crippen molar-refractivity contribution in [2.24, 2.45) is 0 Å². The van der Waals surface area contributed by atoms with Gasteiger partial charge in [0.05, 0.1) is 6.54 Å². The lowest BCUT2D eigenvalue weighted by molar-refractivity contribution is 0.157. The molecule has 0 spiro atoms. The van der Waals surface area contributed by atoms with Gasteiger partial charge >= 0.3 is 6.09 Å². The highest BCUT2D eigenvalue weighted by molar-refractivity contribution is 7.80. The third kappa shape index (κ3) is 2.47. The fraction of sp³-hybridized carbons (Fsp3) is 0.833. The molecule has 0 aromatic rings. The van der Waals surface area contributed by atoms with Gasteiger partial charge in [0.2, 0.25) is 0 Å². The number of carbonyl (C=O) groups is 1. The summed E-state index contributed by atoms with van der Waals surface area (Å²) in [4.78, 5) is 11.9. The minimum Gasteiger partial charge on any atom is -0.433 e. The van der Waals surface area contributed by atoms with Gasteiger partial charge in [-0.3, -0.25) is 0 Å². The van der Waals surface area contributed by atoms with Gasteiger partial charge in [-0.15, -0.1) is 12.6 Å². The summed E-state index contributed by atoms with van der Waals surface area (Å²) in [6.45, 7) is 4.59. The Bertz CT molecular complexity index is 118. The number of cyclic esters (lactones) is 1. The zero-order chi connectivity index (χ0) is 8.15. The third-order valence-electron chi connectivity index (χ3n) is 0.979. The number of carbonyl (C=O) groups excluding carboxylic acids is 1. The van der Waals surface area contributed by atoms with Crippen molar-refractivity contribution in [2.45, 2.75) is 19.3 Å². The molecule has 1 atom stereocenters. The van der Waals surface area contributed by atoms with Crippen molar-refractivity contribution in [1.29, 1.82) is 0 Å². The minimum absolute atomic E-state index is 0.229. The maximum atomic E-state index is 10.4. The van der Waals surface area contributed by atoms with Crippen molar-refractivity contribution in [2.75, 3.05) is 13.6 Å². The van der Waals surface area contributed by atoms with E-state index >= 15 is 0 Å². The van der Waals surface area contributed by atoms with Gasteiger partial charge < -0.3 is 9.64 Å². The minimum atomic E-state index is -0.287. The first-order valence-electron chi connectivity index (χ1n) is 3.30. The number of ether oxygens (including phenoxy) is 1. The zero-order valence-electron chi connectivity index (χ0n) is 6.50. The van der Waals surface area contributed by atoms with Gasteiger partial charge in [-0.1, -0.05) is 13.8 Å². The summed E-state index contributed by atoms with van der Waals surface area (Å²) in [7, 11) is 1.68. The molecule has 0 aliphatic carbocycles. The summed E-state index contributed by atoms with van der Waals surface area (Å²) in [5.74, 6) is 0. The number of amides is 1. The van der Waals surface area contributed by atoms with Crippen molar-refractivity contribution in [3.63, 3.8) is 0 Å². The Balaban J connectivity index is 0.000000371. The summed E-state index contributed by atoms with van der Waals surface area (Å²) in [5, 5.41) is 0. The van der Waals surface area contributed by atoms with E-state index in [2.05, 4.69) is 17.4 Å². The number of hydrogen-bond donors (Lipinski definition) is 1. The number of thiol groups is 1. The van der Waals surface area contributed by atoms with Crippen molar-refractivity contribution in [3.05, 3.63) is 0 Å². The highest BCUT2D eigenvalue weighted by Crippen LogP contribution is 2.10. The number of likely N-dealkylation sites (N-methyl/N-ethyl adjacent to an activating group) is 1. The second-order valence-corrected chi connectivity index (χ2v) is 2.29. The Morgan fingerprint density at radius 3 is 2.30 bits per heavy atom. The van der Waals surface area contributed by atoms with Crippen LogP contribution in [0.3, 0.4) is 0 Å². The van der Waals surface area contributed by atoms with Crippen LogP contribution in [0.2, 0.25) is 0 Å². The predicted molar refractivity (Wildman–Crippen MR) is 43.2 cm³/mol. The first kappa shape index (κ1) is 9.62. The number of nitrogens with zero attached hydrogens (tertiary/aromatic N) is 1. The summed E-state index contributed by atoms with van der Waals surface area (Å²) in [5.41, 5.74) is -0.229. The summed E-state index contributed by atoms with van der Waals surface area (Å²) < 4.78 is 4.62. The molecule has 1 aliphatic heterocycles. The molecule has 0 radical (unpaired) electrons. The maximum absolute atomic E-state index is 10.4. The molecule has 1 heterocycles. The number of hydrogen-bond acceptors (Lipinski definition) is 3. The molecule has 0 aromatic heterocycles. The Kier molecular flexibility index (Phi) is 4.27. The Hall–Kier alpha value is -0.380. The molecule has 1 saturated heterocycles. The van der Waals surface area contributed by atoms with Gasteiger partial charge in [0.1, 0.15) is 0 Å². The van der Waals surface area contributed by atoms with Crippen LogP contribution in [0.25, 0.3) is 0 Å². The van der Waals surface area contributed by atoms with E-state index in [4.69, 9.17) is 0 Å². The van der Waals surface area contributed by atoms with E-state index in [1.165, 1.54) is 4.90 Å². The average Bonchev–Trinajstić information content (AvgIpc) is 2.16. The molecule has 0 bridgehead atoms. The van der Waals surface area contributed by atoms with Gasteiger partial charge in [-0.05, 0) is 0 Å². The van der Waals surface area contributed by atoms with Crippen LogP contribution in [0, 0.1) is 0 Å². The van der Waals surface area contributed by atoms with Crippen LogP contribution in [0.5, 0.6) is 0 Å². The fourth-order valence-corrected chi connectivity index (χ4v) is 0.888. The monoisotopic (exact) mass is 163 g/mol. The van der Waals surface area contributed by atoms with Crippen LogP contribution in [-0.2, 0) is 4.74 Å².